The summed E-state index contributed by atoms with van der Waals surface area (Å²) in [4.78, 5) is 38.4. The molecule has 6 heteroatoms. The number of hydrogen-bond donors (Lipinski definition) is 0. The highest BCUT2D eigenvalue weighted by Crippen LogP contribution is 2.18. The van der Waals surface area contributed by atoms with Crippen molar-refractivity contribution in [3.8, 4) is 0 Å². The Labute approximate surface area is 468 Å². The lowest BCUT2D eigenvalue weighted by molar-refractivity contribution is -0.167. The van der Waals surface area contributed by atoms with Crippen LogP contribution in [0.1, 0.15) is 380 Å². The molecule has 6 nitrogen and oxygen atoms in total. The van der Waals surface area contributed by atoms with Crippen LogP contribution in [0.5, 0.6) is 0 Å². The third-order valence-corrected chi connectivity index (χ3v) is 15.4. The molecule has 75 heavy (non-hydrogen) atoms. The number of rotatable bonds is 63. The molecule has 0 aliphatic rings. The van der Waals surface area contributed by atoms with Crippen molar-refractivity contribution in [2.75, 3.05) is 13.2 Å². The predicted octanol–water partition coefficient (Wildman–Crippen LogP) is 23.0. The number of unbranched alkanes of at least 4 members (excludes halogenated alkanes) is 48. The Hall–Kier alpha value is -2.11. The standard InChI is InChI=1S/C69H130O6/c1-4-7-10-13-16-19-22-25-28-31-33-34-36-39-41-44-47-50-53-56-59-62-68(71)74-65-66(75-69(72)63-60-57-54-51-48-45-42-37-30-27-24-21-18-15-12-9-6-3)64-73-67(70)61-58-55-52-49-46-43-40-38-35-32-29-26-23-20-17-14-11-8-5-2/h26-27,29-30,66H,4-25,28,31-65H2,1-3H3/b29-26-,30-27-/t66-/m1/s1. The Balaban J connectivity index is 4.30. The molecule has 0 aromatic heterocycles. The summed E-state index contributed by atoms with van der Waals surface area (Å²) in [5.74, 6) is -0.845. The van der Waals surface area contributed by atoms with Gasteiger partial charge >= 0.3 is 17.9 Å². The largest absolute Gasteiger partial charge is 0.462 e. The molecule has 0 fully saturated rings. The molecule has 0 unspecified atom stereocenters. The lowest BCUT2D eigenvalue weighted by Gasteiger charge is -2.18. The zero-order chi connectivity index (χ0) is 54.3. The molecule has 0 aliphatic carbocycles. The van der Waals surface area contributed by atoms with Crippen LogP contribution in [0.2, 0.25) is 0 Å². The maximum Gasteiger partial charge on any atom is 0.306 e. The molecule has 0 rings (SSSR count). The molecule has 0 aromatic carbocycles. The van der Waals surface area contributed by atoms with Gasteiger partial charge in [-0.15, -0.1) is 0 Å². The molecule has 0 saturated heterocycles. The van der Waals surface area contributed by atoms with E-state index in [1.165, 1.54) is 283 Å². The minimum atomic E-state index is -0.772. The van der Waals surface area contributed by atoms with Gasteiger partial charge in [-0.05, 0) is 70.6 Å². The molecule has 0 saturated carbocycles. The highest BCUT2D eigenvalue weighted by molar-refractivity contribution is 5.71. The van der Waals surface area contributed by atoms with Crippen molar-refractivity contribution >= 4 is 17.9 Å². The van der Waals surface area contributed by atoms with Crippen LogP contribution >= 0.6 is 0 Å². The summed E-state index contributed by atoms with van der Waals surface area (Å²) in [6.07, 6.45) is 77.6. The first-order valence-electron chi connectivity index (χ1n) is 33.8. The van der Waals surface area contributed by atoms with Gasteiger partial charge in [0, 0.05) is 19.3 Å². The van der Waals surface area contributed by atoms with Crippen molar-refractivity contribution in [1.29, 1.82) is 0 Å². The van der Waals surface area contributed by atoms with Crippen molar-refractivity contribution in [3.63, 3.8) is 0 Å². The first-order valence-corrected chi connectivity index (χ1v) is 33.8. The van der Waals surface area contributed by atoms with Crippen molar-refractivity contribution in [3.05, 3.63) is 24.3 Å². The van der Waals surface area contributed by atoms with Crippen LogP contribution in [0, 0.1) is 0 Å². The lowest BCUT2D eigenvalue weighted by atomic mass is 10.0. The van der Waals surface area contributed by atoms with Gasteiger partial charge < -0.3 is 14.2 Å². The van der Waals surface area contributed by atoms with Crippen LogP contribution in [-0.4, -0.2) is 37.2 Å². The lowest BCUT2D eigenvalue weighted by Crippen LogP contribution is -2.30. The zero-order valence-corrected chi connectivity index (χ0v) is 50.8. The summed E-state index contributed by atoms with van der Waals surface area (Å²) in [5.41, 5.74) is 0. The Morgan fingerprint density at radius 3 is 0.667 bits per heavy atom. The van der Waals surface area contributed by atoms with Crippen LogP contribution < -0.4 is 0 Å². The molecule has 0 bridgehead atoms. The number of carbonyl (C=O) groups excluding carboxylic acids is 3. The monoisotopic (exact) mass is 1050 g/mol. The molecule has 0 spiro atoms. The minimum absolute atomic E-state index is 0.0682. The minimum Gasteiger partial charge on any atom is -0.462 e. The van der Waals surface area contributed by atoms with E-state index in [1.54, 1.807) is 0 Å². The molecular weight excluding hydrogens is 925 g/mol. The number of esters is 3. The summed E-state index contributed by atoms with van der Waals surface area (Å²) in [5, 5.41) is 0. The molecule has 0 amide bonds. The van der Waals surface area contributed by atoms with E-state index in [4.69, 9.17) is 14.2 Å². The Morgan fingerprint density at radius 2 is 0.440 bits per heavy atom. The maximum absolute atomic E-state index is 12.9. The smallest absolute Gasteiger partial charge is 0.306 e. The Morgan fingerprint density at radius 1 is 0.253 bits per heavy atom. The normalized spacial score (nSPS) is 12.1. The zero-order valence-electron chi connectivity index (χ0n) is 50.8. The van der Waals surface area contributed by atoms with Gasteiger partial charge in [-0.3, -0.25) is 14.4 Å². The second-order valence-electron chi connectivity index (χ2n) is 23.1. The van der Waals surface area contributed by atoms with Crippen molar-refractivity contribution < 1.29 is 28.6 Å². The van der Waals surface area contributed by atoms with E-state index >= 15 is 0 Å². The number of ether oxygens (including phenoxy) is 3. The van der Waals surface area contributed by atoms with Crippen LogP contribution in [0.3, 0.4) is 0 Å². The average molecular weight is 1060 g/mol. The maximum atomic E-state index is 12.9. The molecule has 1 atom stereocenters. The summed E-state index contributed by atoms with van der Waals surface area (Å²) in [6.45, 7) is 6.71. The van der Waals surface area contributed by atoms with Gasteiger partial charge in [0.25, 0.3) is 0 Å². The molecule has 0 N–H and O–H groups in total. The third-order valence-electron chi connectivity index (χ3n) is 15.4. The highest BCUT2D eigenvalue weighted by Gasteiger charge is 2.19. The fraction of sp³-hybridized carbons (Fsp3) is 0.899. The number of allylic oxidation sites excluding steroid dienone is 4. The predicted molar refractivity (Wildman–Crippen MR) is 326 cm³/mol. The summed E-state index contributed by atoms with van der Waals surface area (Å²) in [6, 6.07) is 0. The Kier molecular flexibility index (Phi) is 62.6. The third kappa shape index (κ3) is 62.6. The second kappa shape index (κ2) is 64.4. The van der Waals surface area contributed by atoms with Gasteiger partial charge in [0.15, 0.2) is 6.10 Å². The highest BCUT2D eigenvalue weighted by atomic mass is 16.6. The van der Waals surface area contributed by atoms with E-state index in [9.17, 15) is 14.4 Å². The van der Waals surface area contributed by atoms with Crippen LogP contribution in [-0.2, 0) is 28.6 Å². The first kappa shape index (κ1) is 72.9. The van der Waals surface area contributed by atoms with Gasteiger partial charge in [0.1, 0.15) is 13.2 Å². The summed E-state index contributed by atoms with van der Waals surface area (Å²) >= 11 is 0. The van der Waals surface area contributed by atoms with E-state index in [-0.39, 0.29) is 31.1 Å². The molecule has 442 valence electrons. The quantitative estimate of drug-likeness (QED) is 0.0261. The summed E-state index contributed by atoms with van der Waals surface area (Å²) in [7, 11) is 0. The molecule has 0 heterocycles. The molecule has 0 aromatic rings. The first-order chi connectivity index (χ1) is 37.0. The summed E-state index contributed by atoms with van der Waals surface area (Å²) < 4.78 is 17.0. The molecule has 0 radical (unpaired) electrons. The van der Waals surface area contributed by atoms with Crippen LogP contribution in [0.25, 0.3) is 0 Å². The van der Waals surface area contributed by atoms with E-state index in [0.717, 1.165) is 57.8 Å². The SMILES string of the molecule is CCCCCCCC/C=C\CCCCCCCCCCCC(=O)OC[C@H](COC(=O)CCCCCCCCCCCCCCCCCCCCCCC)OC(=O)CCCCCCCCC/C=C\CCCCCCCC. The molecule has 0 aliphatic heterocycles. The van der Waals surface area contributed by atoms with Crippen molar-refractivity contribution in [2.24, 2.45) is 0 Å². The molecular formula is C69H130O6. The van der Waals surface area contributed by atoms with E-state index in [2.05, 4.69) is 45.1 Å². The fourth-order valence-corrected chi connectivity index (χ4v) is 10.3. The van der Waals surface area contributed by atoms with Gasteiger partial charge in [-0.25, -0.2) is 0 Å². The van der Waals surface area contributed by atoms with Gasteiger partial charge in [-0.2, -0.15) is 0 Å². The number of carbonyl (C=O) groups is 3. The van der Waals surface area contributed by atoms with E-state index in [0.29, 0.717) is 19.3 Å². The van der Waals surface area contributed by atoms with Crippen LogP contribution in [0.15, 0.2) is 24.3 Å². The van der Waals surface area contributed by atoms with E-state index in [1.807, 2.05) is 0 Å². The Bertz CT molecular complexity index is 1210. The number of hydrogen-bond acceptors (Lipinski definition) is 6. The van der Waals surface area contributed by atoms with Gasteiger partial charge in [-0.1, -0.05) is 315 Å². The van der Waals surface area contributed by atoms with Gasteiger partial charge in [0.05, 0.1) is 0 Å². The van der Waals surface area contributed by atoms with Crippen molar-refractivity contribution in [1.82, 2.24) is 0 Å². The topological polar surface area (TPSA) is 78.9 Å². The van der Waals surface area contributed by atoms with Gasteiger partial charge in [0.2, 0.25) is 0 Å². The van der Waals surface area contributed by atoms with Crippen LogP contribution in [0.4, 0.5) is 0 Å². The fourth-order valence-electron chi connectivity index (χ4n) is 10.3. The van der Waals surface area contributed by atoms with Crippen molar-refractivity contribution in [2.45, 2.75) is 386 Å². The second-order valence-corrected chi connectivity index (χ2v) is 23.1. The van der Waals surface area contributed by atoms with E-state index < -0.39 is 6.10 Å². The average Bonchev–Trinajstić information content (AvgIpc) is 3.41.